The molecule has 2 aromatic rings. The molecule has 1 aromatic heterocycles. The van der Waals surface area contributed by atoms with Crippen molar-refractivity contribution < 1.29 is 4.74 Å². The molecule has 0 radical (unpaired) electrons. The fourth-order valence-corrected chi connectivity index (χ4v) is 2.30. The maximum atomic E-state index is 6.06. The Balaban J connectivity index is 2.26. The number of aromatic nitrogens is 1. The first-order valence-corrected chi connectivity index (χ1v) is 6.52. The zero-order chi connectivity index (χ0) is 13.7. The van der Waals surface area contributed by atoms with Crippen molar-refractivity contribution in [1.29, 1.82) is 0 Å². The summed E-state index contributed by atoms with van der Waals surface area (Å²) >= 11 is 6.06. The highest BCUT2D eigenvalue weighted by molar-refractivity contribution is 6.30. The van der Waals surface area contributed by atoms with E-state index in [4.69, 9.17) is 16.3 Å². The van der Waals surface area contributed by atoms with Crippen LogP contribution in [-0.4, -0.2) is 19.1 Å². The third-order valence-electron chi connectivity index (χ3n) is 3.12. The Morgan fingerprint density at radius 3 is 2.63 bits per heavy atom. The Morgan fingerprint density at radius 2 is 2.00 bits per heavy atom. The molecule has 0 aliphatic heterocycles. The van der Waals surface area contributed by atoms with Crippen LogP contribution in [-0.2, 0) is 6.42 Å². The molecule has 0 bridgehead atoms. The zero-order valence-electron chi connectivity index (χ0n) is 11.1. The van der Waals surface area contributed by atoms with E-state index in [-0.39, 0.29) is 6.04 Å². The third-order valence-corrected chi connectivity index (χ3v) is 3.36. The minimum Gasteiger partial charge on any atom is -0.496 e. The molecular formula is C15H17ClN2O. The number of hydrogen-bond acceptors (Lipinski definition) is 3. The number of nitrogens with one attached hydrogen (secondary N) is 1. The van der Waals surface area contributed by atoms with E-state index in [2.05, 4.69) is 10.3 Å². The molecule has 0 saturated carbocycles. The van der Waals surface area contributed by atoms with Crippen molar-refractivity contribution in [2.45, 2.75) is 12.5 Å². The van der Waals surface area contributed by atoms with Crippen molar-refractivity contribution in [3.05, 3.63) is 58.9 Å². The molecule has 1 atom stereocenters. The average molecular weight is 277 g/mol. The molecule has 0 aliphatic rings. The van der Waals surface area contributed by atoms with Gasteiger partial charge in [-0.3, -0.25) is 4.98 Å². The van der Waals surface area contributed by atoms with Crippen molar-refractivity contribution in [3.63, 3.8) is 0 Å². The minimum atomic E-state index is 0.204. The predicted octanol–water partition coefficient (Wildman–Crippen LogP) is 3.25. The summed E-state index contributed by atoms with van der Waals surface area (Å²) < 4.78 is 5.38. The topological polar surface area (TPSA) is 34.1 Å². The molecule has 3 nitrogen and oxygen atoms in total. The van der Waals surface area contributed by atoms with Gasteiger partial charge in [-0.2, -0.15) is 0 Å². The largest absolute Gasteiger partial charge is 0.496 e. The summed E-state index contributed by atoms with van der Waals surface area (Å²) in [7, 11) is 3.62. The van der Waals surface area contributed by atoms with Crippen LogP contribution in [0.4, 0.5) is 0 Å². The van der Waals surface area contributed by atoms with Gasteiger partial charge < -0.3 is 10.1 Å². The van der Waals surface area contributed by atoms with E-state index in [1.807, 2.05) is 37.4 Å². The van der Waals surface area contributed by atoms with Gasteiger partial charge in [0.05, 0.1) is 7.11 Å². The van der Waals surface area contributed by atoms with E-state index in [9.17, 15) is 0 Å². The van der Waals surface area contributed by atoms with E-state index in [1.165, 1.54) is 5.56 Å². The van der Waals surface area contributed by atoms with Gasteiger partial charge in [-0.15, -0.1) is 0 Å². The average Bonchev–Trinajstić information content (AvgIpc) is 2.46. The molecule has 1 N–H and O–H groups in total. The fourth-order valence-electron chi connectivity index (χ4n) is 2.11. The number of benzene rings is 1. The quantitative estimate of drug-likeness (QED) is 0.910. The molecule has 100 valence electrons. The predicted molar refractivity (Wildman–Crippen MR) is 77.7 cm³/mol. The summed E-state index contributed by atoms with van der Waals surface area (Å²) in [6.07, 6.45) is 4.41. The summed E-state index contributed by atoms with van der Waals surface area (Å²) in [6.45, 7) is 0. The Morgan fingerprint density at radius 1 is 1.26 bits per heavy atom. The molecule has 4 heteroatoms. The number of ether oxygens (including phenoxy) is 1. The minimum absolute atomic E-state index is 0.204. The highest BCUT2D eigenvalue weighted by Crippen LogP contribution is 2.27. The molecule has 1 heterocycles. The third kappa shape index (κ3) is 3.46. The second-order valence-electron chi connectivity index (χ2n) is 4.28. The molecule has 0 fully saturated rings. The number of hydrogen-bond donors (Lipinski definition) is 1. The van der Waals surface area contributed by atoms with Crippen LogP contribution in [0.1, 0.15) is 17.2 Å². The van der Waals surface area contributed by atoms with Gasteiger partial charge in [0.15, 0.2) is 0 Å². The van der Waals surface area contributed by atoms with Gasteiger partial charge in [-0.25, -0.2) is 0 Å². The number of halogens is 1. The summed E-state index contributed by atoms with van der Waals surface area (Å²) in [5.74, 6) is 0.860. The van der Waals surface area contributed by atoms with Crippen LogP contribution in [0.5, 0.6) is 5.75 Å². The van der Waals surface area contributed by atoms with Crippen LogP contribution in [0, 0.1) is 0 Å². The van der Waals surface area contributed by atoms with Crippen LogP contribution in [0.2, 0.25) is 5.02 Å². The Kier molecular flexibility index (Phi) is 4.77. The first-order chi connectivity index (χ1) is 9.24. The lowest BCUT2D eigenvalue weighted by molar-refractivity contribution is 0.406. The van der Waals surface area contributed by atoms with Crippen molar-refractivity contribution in [2.75, 3.05) is 14.2 Å². The van der Waals surface area contributed by atoms with E-state index in [1.54, 1.807) is 19.5 Å². The smallest absolute Gasteiger partial charge is 0.122 e. The van der Waals surface area contributed by atoms with Crippen LogP contribution in [0.15, 0.2) is 42.7 Å². The van der Waals surface area contributed by atoms with E-state index < -0.39 is 0 Å². The molecule has 0 amide bonds. The molecule has 19 heavy (non-hydrogen) atoms. The molecule has 0 saturated heterocycles. The molecule has 0 aliphatic carbocycles. The maximum Gasteiger partial charge on any atom is 0.122 e. The van der Waals surface area contributed by atoms with Crippen molar-refractivity contribution in [3.8, 4) is 5.75 Å². The lowest BCUT2D eigenvalue weighted by Gasteiger charge is -2.18. The Labute approximate surface area is 118 Å². The Bertz CT molecular complexity index is 531. The molecule has 1 aromatic carbocycles. The van der Waals surface area contributed by atoms with Crippen molar-refractivity contribution in [1.82, 2.24) is 10.3 Å². The molecule has 1 unspecified atom stereocenters. The van der Waals surface area contributed by atoms with Gasteiger partial charge in [0.1, 0.15) is 5.75 Å². The number of rotatable bonds is 5. The standard InChI is InChI=1S/C15H17ClN2O/c1-17-14(11-5-7-18-8-6-11)10-12-9-13(16)3-4-15(12)19-2/h3-9,14,17H,10H2,1-2H3. The number of pyridine rings is 1. The van der Waals surface area contributed by atoms with Crippen molar-refractivity contribution in [2.24, 2.45) is 0 Å². The van der Waals surface area contributed by atoms with Gasteiger partial charge in [0, 0.05) is 23.5 Å². The highest BCUT2D eigenvalue weighted by atomic mass is 35.5. The van der Waals surface area contributed by atoms with E-state index >= 15 is 0 Å². The lowest BCUT2D eigenvalue weighted by atomic mass is 9.99. The second-order valence-corrected chi connectivity index (χ2v) is 4.72. The molecule has 0 spiro atoms. The van der Waals surface area contributed by atoms with E-state index in [0.717, 1.165) is 22.8 Å². The highest BCUT2D eigenvalue weighted by Gasteiger charge is 2.13. The van der Waals surface area contributed by atoms with Gasteiger partial charge in [0.25, 0.3) is 0 Å². The molecule has 2 rings (SSSR count). The Hall–Kier alpha value is -1.58. The zero-order valence-corrected chi connectivity index (χ0v) is 11.8. The first kappa shape index (κ1) is 13.8. The van der Waals surface area contributed by atoms with Crippen molar-refractivity contribution >= 4 is 11.6 Å². The van der Waals surface area contributed by atoms with Gasteiger partial charge >= 0.3 is 0 Å². The first-order valence-electron chi connectivity index (χ1n) is 6.14. The normalized spacial score (nSPS) is 12.2. The SMILES string of the molecule is CNC(Cc1cc(Cl)ccc1OC)c1ccncc1. The molecular weight excluding hydrogens is 260 g/mol. The van der Waals surface area contributed by atoms with Gasteiger partial charge in [-0.1, -0.05) is 11.6 Å². The van der Waals surface area contributed by atoms with Crippen LogP contribution < -0.4 is 10.1 Å². The van der Waals surface area contributed by atoms with Crippen LogP contribution >= 0.6 is 11.6 Å². The second kappa shape index (κ2) is 6.55. The van der Waals surface area contributed by atoms with Gasteiger partial charge in [-0.05, 0) is 54.9 Å². The van der Waals surface area contributed by atoms with Gasteiger partial charge in [0.2, 0.25) is 0 Å². The number of nitrogens with zero attached hydrogens (tertiary/aromatic N) is 1. The fraction of sp³-hybridized carbons (Fsp3) is 0.267. The maximum absolute atomic E-state index is 6.06. The number of methoxy groups -OCH3 is 1. The summed E-state index contributed by atoms with van der Waals surface area (Å²) in [6, 6.07) is 9.92. The van der Waals surface area contributed by atoms with Crippen LogP contribution in [0.25, 0.3) is 0 Å². The summed E-state index contributed by atoms with van der Waals surface area (Å²) in [5, 5.41) is 4.03. The lowest BCUT2D eigenvalue weighted by Crippen LogP contribution is -2.19. The summed E-state index contributed by atoms with van der Waals surface area (Å²) in [4.78, 5) is 4.04. The van der Waals surface area contributed by atoms with Crippen LogP contribution in [0.3, 0.4) is 0 Å². The van der Waals surface area contributed by atoms with E-state index in [0.29, 0.717) is 0 Å². The summed E-state index contributed by atoms with van der Waals surface area (Å²) in [5.41, 5.74) is 2.28. The monoisotopic (exact) mass is 276 g/mol. The number of likely N-dealkylation sites (N-methyl/N-ethyl adjacent to an activating group) is 1.